The number of nitrogens with zero attached hydrogens (tertiary/aromatic N) is 2. The van der Waals surface area contributed by atoms with E-state index in [-0.39, 0.29) is 5.41 Å². The van der Waals surface area contributed by atoms with E-state index in [4.69, 9.17) is 0 Å². The average Bonchev–Trinajstić information content (AvgIpc) is 3.14. The van der Waals surface area contributed by atoms with Crippen LogP contribution in [0.15, 0.2) is 182 Å². The SMILES string of the molecule is Cc1ccc(N(c2ccc(-c3ccc(N(C4=CCC(C)(C)C=C4)c4cccc5ccccc45)cc3)cc2)c2cccc3ccccc23)cc1. The van der Waals surface area contributed by atoms with Gasteiger partial charge in [-0.25, -0.2) is 0 Å². The zero-order chi connectivity index (χ0) is 33.4. The first kappa shape index (κ1) is 30.5. The van der Waals surface area contributed by atoms with Gasteiger partial charge in [0.15, 0.2) is 0 Å². The Labute approximate surface area is 289 Å². The molecule has 238 valence electrons. The third-order valence-corrected chi connectivity index (χ3v) is 9.69. The molecule has 0 atom stereocenters. The van der Waals surface area contributed by atoms with Crippen molar-refractivity contribution in [1.82, 2.24) is 0 Å². The van der Waals surface area contributed by atoms with E-state index in [1.165, 1.54) is 55.3 Å². The molecule has 1 aliphatic rings. The zero-order valence-corrected chi connectivity index (χ0v) is 28.3. The molecule has 0 saturated carbocycles. The topological polar surface area (TPSA) is 6.48 Å². The van der Waals surface area contributed by atoms with Crippen molar-refractivity contribution < 1.29 is 0 Å². The van der Waals surface area contributed by atoms with Gasteiger partial charge in [-0.1, -0.05) is 141 Å². The minimum Gasteiger partial charge on any atom is -0.310 e. The van der Waals surface area contributed by atoms with Gasteiger partial charge in [-0.05, 0) is 95.3 Å². The van der Waals surface area contributed by atoms with E-state index in [9.17, 15) is 0 Å². The molecule has 0 bridgehead atoms. The lowest BCUT2D eigenvalue weighted by Gasteiger charge is -2.32. The van der Waals surface area contributed by atoms with E-state index in [0.717, 1.165) is 23.5 Å². The molecular weight excluding hydrogens is 593 g/mol. The standard InChI is InChI=1S/C47H40N2/c1-34-18-24-39(25-19-34)48(45-16-8-12-37-10-4-6-14-43(37)45)40-26-20-35(21-27-40)36-22-28-41(29-23-36)49(42-30-32-47(2,3)33-31-42)46-17-9-13-38-11-5-7-15-44(38)46/h4-32H,33H2,1-3H3. The van der Waals surface area contributed by atoms with Crippen molar-refractivity contribution in [2.45, 2.75) is 27.2 Å². The van der Waals surface area contributed by atoms with E-state index >= 15 is 0 Å². The third kappa shape index (κ3) is 6.03. The number of anilines is 5. The third-order valence-electron chi connectivity index (χ3n) is 9.69. The molecule has 0 aliphatic heterocycles. The summed E-state index contributed by atoms with van der Waals surface area (Å²) in [5.74, 6) is 0. The van der Waals surface area contributed by atoms with Crippen LogP contribution < -0.4 is 9.80 Å². The summed E-state index contributed by atoms with van der Waals surface area (Å²) in [6.45, 7) is 6.72. The van der Waals surface area contributed by atoms with Crippen LogP contribution in [0.25, 0.3) is 32.7 Å². The molecule has 49 heavy (non-hydrogen) atoms. The fourth-order valence-electron chi connectivity index (χ4n) is 6.94. The van der Waals surface area contributed by atoms with Gasteiger partial charge in [-0.15, -0.1) is 0 Å². The van der Waals surface area contributed by atoms with Crippen LogP contribution in [0.4, 0.5) is 28.4 Å². The summed E-state index contributed by atoms with van der Waals surface area (Å²) in [4.78, 5) is 4.77. The molecule has 0 spiro atoms. The smallest absolute Gasteiger partial charge is 0.0540 e. The summed E-state index contributed by atoms with van der Waals surface area (Å²) in [5, 5.41) is 4.95. The van der Waals surface area contributed by atoms with Crippen molar-refractivity contribution >= 4 is 50.0 Å². The molecule has 2 nitrogen and oxygen atoms in total. The summed E-state index contributed by atoms with van der Waals surface area (Å²) in [5.41, 5.74) is 10.8. The number of aryl methyl sites for hydroxylation is 1. The predicted octanol–water partition coefficient (Wildman–Crippen LogP) is 13.4. The van der Waals surface area contributed by atoms with Crippen LogP contribution >= 0.6 is 0 Å². The van der Waals surface area contributed by atoms with E-state index in [2.05, 4.69) is 207 Å². The van der Waals surface area contributed by atoms with Crippen molar-refractivity contribution in [2.75, 3.05) is 9.80 Å². The molecule has 0 N–H and O–H groups in total. The van der Waals surface area contributed by atoms with Gasteiger partial charge in [0, 0.05) is 33.5 Å². The summed E-state index contributed by atoms with van der Waals surface area (Å²) in [6.07, 6.45) is 8.01. The monoisotopic (exact) mass is 632 g/mol. The molecule has 0 radical (unpaired) electrons. The summed E-state index contributed by atoms with van der Waals surface area (Å²) in [6, 6.07) is 57.2. The highest BCUT2D eigenvalue weighted by Crippen LogP contribution is 2.42. The molecule has 0 aromatic heterocycles. The van der Waals surface area contributed by atoms with Gasteiger partial charge in [0.2, 0.25) is 0 Å². The second kappa shape index (κ2) is 12.6. The number of rotatable bonds is 7. The van der Waals surface area contributed by atoms with E-state index < -0.39 is 0 Å². The number of benzene rings is 7. The molecule has 7 aromatic rings. The van der Waals surface area contributed by atoms with Crippen molar-refractivity contribution in [1.29, 1.82) is 0 Å². The van der Waals surface area contributed by atoms with Crippen molar-refractivity contribution in [2.24, 2.45) is 5.41 Å². The highest BCUT2D eigenvalue weighted by molar-refractivity contribution is 5.99. The highest BCUT2D eigenvalue weighted by Gasteiger charge is 2.22. The molecule has 0 unspecified atom stereocenters. The first-order valence-corrected chi connectivity index (χ1v) is 17.2. The summed E-state index contributed by atoms with van der Waals surface area (Å²) >= 11 is 0. The largest absolute Gasteiger partial charge is 0.310 e. The normalized spacial score (nSPS) is 13.7. The molecule has 0 saturated heterocycles. The number of hydrogen-bond donors (Lipinski definition) is 0. The Morgan fingerprint density at radius 3 is 1.43 bits per heavy atom. The lowest BCUT2D eigenvalue weighted by molar-refractivity contribution is 0.481. The predicted molar refractivity (Wildman–Crippen MR) is 211 cm³/mol. The van der Waals surface area contributed by atoms with Gasteiger partial charge in [0.25, 0.3) is 0 Å². The quantitative estimate of drug-likeness (QED) is 0.172. The highest BCUT2D eigenvalue weighted by atomic mass is 15.2. The Morgan fingerprint density at radius 2 is 0.918 bits per heavy atom. The Balaban J connectivity index is 1.16. The van der Waals surface area contributed by atoms with E-state index in [1.807, 2.05) is 0 Å². The molecule has 0 heterocycles. The average molecular weight is 633 g/mol. The van der Waals surface area contributed by atoms with Gasteiger partial charge >= 0.3 is 0 Å². The maximum Gasteiger partial charge on any atom is 0.0540 e. The first-order valence-electron chi connectivity index (χ1n) is 17.2. The molecule has 8 rings (SSSR count). The Hall–Kier alpha value is -5.86. The maximum absolute atomic E-state index is 2.41. The second-order valence-corrected chi connectivity index (χ2v) is 13.8. The van der Waals surface area contributed by atoms with Crippen LogP contribution in [0.3, 0.4) is 0 Å². The van der Waals surface area contributed by atoms with Gasteiger partial charge < -0.3 is 9.80 Å². The van der Waals surface area contributed by atoms with Crippen LogP contribution in [0.1, 0.15) is 25.8 Å². The van der Waals surface area contributed by atoms with Gasteiger partial charge in [0.1, 0.15) is 0 Å². The Morgan fingerprint density at radius 1 is 0.469 bits per heavy atom. The van der Waals surface area contributed by atoms with Crippen LogP contribution in [-0.2, 0) is 0 Å². The molecule has 2 heteroatoms. The molecule has 7 aromatic carbocycles. The minimum atomic E-state index is 0.159. The van der Waals surface area contributed by atoms with E-state index in [1.54, 1.807) is 0 Å². The van der Waals surface area contributed by atoms with Crippen molar-refractivity contribution in [3.05, 3.63) is 187 Å². The van der Waals surface area contributed by atoms with Crippen LogP contribution in [0.5, 0.6) is 0 Å². The summed E-state index contributed by atoms with van der Waals surface area (Å²) in [7, 11) is 0. The maximum atomic E-state index is 2.41. The van der Waals surface area contributed by atoms with Crippen LogP contribution in [-0.4, -0.2) is 0 Å². The van der Waals surface area contributed by atoms with Crippen molar-refractivity contribution in [3.8, 4) is 11.1 Å². The lowest BCUT2D eigenvalue weighted by Crippen LogP contribution is -2.20. The van der Waals surface area contributed by atoms with Crippen LogP contribution in [0.2, 0.25) is 0 Å². The number of fused-ring (bicyclic) bond motifs is 2. The summed E-state index contributed by atoms with van der Waals surface area (Å²) < 4.78 is 0. The fourth-order valence-corrected chi connectivity index (χ4v) is 6.94. The molecule has 1 aliphatic carbocycles. The van der Waals surface area contributed by atoms with E-state index in [0.29, 0.717) is 0 Å². The number of allylic oxidation sites excluding steroid dienone is 3. The molecular formula is C47H40N2. The zero-order valence-electron chi connectivity index (χ0n) is 28.3. The van der Waals surface area contributed by atoms with Gasteiger partial charge in [0.05, 0.1) is 11.4 Å². The second-order valence-electron chi connectivity index (χ2n) is 13.8. The van der Waals surface area contributed by atoms with Gasteiger partial charge in [-0.3, -0.25) is 0 Å². The van der Waals surface area contributed by atoms with Crippen molar-refractivity contribution in [3.63, 3.8) is 0 Å². The van der Waals surface area contributed by atoms with Gasteiger partial charge in [-0.2, -0.15) is 0 Å². The number of hydrogen-bond acceptors (Lipinski definition) is 2. The van der Waals surface area contributed by atoms with Crippen LogP contribution in [0, 0.1) is 12.3 Å². The first-order chi connectivity index (χ1) is 23.9. The molecule has 0 amide bonds. The lowest BCUT2D eigenvalue weighted by atomic mass is 9.85. The fraction of sp³-hybridized carbons (Fsp3) is 0.106. The molecule has 0 fully saturated rings. The Kier molecular flexibility index (Phi) is 7.86. The minimum absolute atomic E-state index is 0.159. The Bertz CT molecular complexity index is 2310.